The highest BCUT2D eigenvalue weighted by Gasteiger charge is 2.64. The van der Waals surface area contributed by atoms with Crippen molar-refractivity contribution in [2.24, 2.45) is 33.7 Å². The number of hydrogen-bond donors (Lipinski definition) is 0. The molecule has 7 aromatic rings. The van der Waals surface area contributed by atoms with Crippen LogP contribution in [-0.2, 0) is 94.6 Å². The van der Waals surface area contributed by atoms with Crippen molar-refractivity contribution in [2.45, 2.75) is 88.6 Å². The van der Waals surface area contributed by atoms with Crippen molar-refractivity contribution in [1.82, 2.24) is 0 Å². The van der Waals surface area contributed by atoms with Crippen LogP contribution in [0.15, 0.2) is 143 Å². The van der Waals surface area contributed by atoms with Gasteiger partial charge in [-0.1, -0.05) is 147 Å². The zero-order valence-electron chi connectivity index (χ0n) is 43.5. The standard InChI is InChI=1S/C64H50N2O12S3/c67-51-39-25-13-14-26-40(39)52(68)49(51)65-45-29-43-47(63(45,59(71)75-31-35-17-5-1-6-18-35)60(72)76-32-36-19-7-2-8-20-36)55-57(79-43)58-56(81-55)48-44(80-58)30-46(66-50-53(69)41-27-15-16-28-42(41)54(50)70)64(48,61(73)77-33-37-21-9-3-10-22-37)62(74)78-34-38-23-11-4-12-24-38/h1-12,17-24,29-30,39-42H,13-16,25-28,31-34H2. The number of ketones is 4. The van der Waals surface area contributed by atoms with Gasteiger partial charge in [-0.25, -0.2) is 9.98 Å². The van der Waals surface area contributed by atoms with Crippen LogP contribution in [0.2, 0.25) is 0 Å². The lowest BCUT2D eigenvalue weighted by Crippen LogP contribution is -2.46. The molecule has 4 fully saturated rings. The number of carbonyl (C=O) groups excluding carboxylic acids is 8. The number of Topliss-reactive ketones (excluding diaryl/α,β-unsaturated/α-hetero) is 4. The zero-order valence-corrected chi connectivity index (χ0v) is 46.0. The van der Waals surface area contributed by atoms with E-state index in [1.807, 2.05) is 24.3 Å². The van der Waals surface area contributed by atoms with Crippen molar-refractivity contribution in [3.63, 3.8) is 0 Å². The number of thiophene rings is 3. The van der Waals surface area contributed by atoms with E-state index in [2.05, 4.69) is 0 Å². The second-order valence-corrected chi connectivity index (χ2v) is 24.4. The molecule has 0 bridgehead atoms. The second-order valence-electron chi connectivity index (χ2n) is 21.3. The molecule has 4 atom stereocenters. The minimum Gasteiger partial charge on any atom is -0.459 e. The Morgan fingerprint density at radius 2 is 0.667 bits per heavy atom. The average Bonchev–Trinajstić information content (AvgIpc) is 4.55. The van der Waals surface area contributed by atoms with E-state index < -0.39 is 81.5 Å². The zero-order chi connectivity index (χ0) is 55.6. The molecule has 3 heterocycles. The summed E-state index contributed by atoms with van der Waals surface area (Å²) >= 11 is 3.54. The van der Waals surface area contributed by atoms with Crippen molar-refractivity contribution in [2.75, 3.05) is 0 Å². The van der Waals surface area contributed by atoms with E-state index in [1.54, 1.807) is 109 Å². The van der Waals surface area contributed by atoms with E-state index in [4.69, 9.17) is 28.9 Å². The van der Waals surface area contributed by atoms with E-state index in [0.29, 0.717) is 76.5 Å². The molecule has 0 saturated heterocycles. The first-order valence-corrected chi connectivity index (χ1v) is 29.6. The maximum absolute atomic E-state index is 15.7. The third-order valence-electron chi connectivity index (χ3n) is 16.6. The predicted octanol–water partition coefficient (Wildman–Crippen LogP) is 11.1. The minimum absolute atomic E-state index is 0.135. The normalized spacial score (nSPS) is 21.2. The number of carbonyl (C=O) groups is 8. The van der Waals surface area contributed by atoms with Gasteiger partial charge in [0.05, 0.1) is 30.2 Å². The summed E-state index contributed by atoms with van der Waals surface area (Å²) in [6.45, 7) is -1.07. The molecule has 0 radical (unpaired) electrons. The molecule has 0 aliphatic heterocycles. The summed E-state index contributed by atoms with van der Waals surface area (Å²) in [5, 5.41) is 0. The van der Waals surface area contributed by atoms with Crippen LogP contribution in [0.25, 0.3) is 31.0 Å². The van der Waals surface area contributed by atoms with Crippen molar-refractivity contribution >= 4 is 123 Å². The Labute approximate surface area is 476 Å². The highest BCUT2D eigenvalue weighted by atomic mass is 32.1. The first kappa shape index (κ1) is 52.3. The summed E-state index contributed by atoms with van der Waals surface area (Å²) in [6, 6.07) is 35.6. The fraction of sp³-hybridized carbons (Fsp3) is 0.281. The third kappa shape index (κ3) is 8.61. The van der Waals surface area contributed by atoms with Crippen LogP contribution in [0.1, 0.15) is 94.5 Å². The molecular formula is C64H50N2O12S3. The SMILES string of the molecule is O=C1C(=NC2=Cc3sc4c(sc5c6c(sc54)C=C(N=C4C(=O)C5CCCCC5C4=O)C6(C(=O)OCc4ccccc4)C(=O)OCc4ccccc4)c3C2(C(=O)OCc2ccccc2)C(=O)OCc2ccccc2)C(=O)C2CCCCC12. The number of nitrogens with zero attached hydrogens (tertiary/aromatic N) is 2. The summed E-state index contributed by atoms with van der Waals surface area (Å²) in [7, 11) is 0. The van der Waals surface area contributed by atoms with Crippen LogP contribution in [0.4, 0.5) is 0 Å². The molecule has 0 amide bonds. The van der Waals surface area contributed by atoms with Gasteiger partial charge in [0, 0.05) is 44.6 Å². The molecule has 17 heteroatoms. The molecule has 3 aromatic heterocycles. The Morgan fingerprint density at radius 1 is 0.395 bits per heavy atom. The lowest BCUT2D eigenvalue weighted by Gasteiger charge is -2.28. The molecular weight excluding hydrogens is 1080 g/mol. The molecule has 13 rings (SSSR count). The minimum atomic E-state index is -2.52. The Morgan fingerprint density at radius 3 is 0.938 bits per heavy atom. The van der Waals surface area contributed by atoms with Gasteiger partial charge in [-0.2, -0.15) is 0 Å². The van der Waals surface area contributed by atoms with Gasteiger partial charge in [0.2, 0.25) is 10.8 Å². The van der Waals surface area contributed by atoms with Gasteiger partial charge < -0.3 is 18.9 Å². The highest BCUT2D eigenvalue weighted by Crippen LogP contribution is 2.61. The quantitative estimate of drug-likeness (QED) is 0.0568. The first-order valence-electron chi connectivity index (χ1n) is 27.1. The van der Waals surface area contributed by atoms with Crippen LogP contribution in [0.3, 0.4) is 0 Å². The Balaban J connectivity index is 1.02. The van der Waals surface area contributed by atoms with Crippen molar-refractivity contribution in [3.8, 4) is 0 Å². The molecule has 0 spiro atoms. The van der Waals surface area contributed by atoms with Gasteiger partial charge in [-0.15, -0.1) is 34.0 Å². The Hall–Kier alpha value is -8.12. The van der Waals surface area contributed by atoms with Crippen LogP contribution < -0.4 is 0 Å². The fourth-order valence-corrected chi connectivity index (χ4v) is 17.2. The number of aliphatic imine (C=N–C) groups is 2. The second kappa shape index (κ2) is 21.1. The summed E-state index contributed by atoms with van der Waals surface area (Å²) in [4.78, 5) is 130. The molecule has 6 aliphatic rings. The number of rotatable bonds is 14. The summed E-state index contributed by atoms with van der Waals surface area (Å²) in [5.74, 6) is -8.30. The van der Waals surface area contributed by atoms with Gasteiger partial charge in [0.1, 0.15) is 37.9 Å². The molecule has 14 nitrogen and oxygen atoms in total. The van der Waals surface area contributed by atoms with E-state index in [9.17, 15) is 19.2 Å². The molecule has 4 saturated carbocycles. The number of benzene rings is 4. The summed E-state index contributed by atoms with van der Waals surface area (Å²) in [6.07, 6.45) is 8.23. The van der Waals surface area contributed by atoms with Crippen LogP contribution >= 0.6 is 34.0 Å². The van der Waals surface area contributed by atoms with E-state index >= 15 is 19.2 Å². The lowest BCUT2D eigenvalue weighted by atomic mass is 9.80. The molecule has 0 N–H and O–H groups in total. The van der Waals surface area contributed by atoms with Crippen molar-refractivity contribution < 1.29 is 57.3 Å². The Kier molecular flexibility index (Phi) is 13.6. The van der Waals surface area contributed by atoms with Gasteiger partial charge in [0.25, 0.3) is 0 Å². The number of ether oxygens (including phenoxy) is 4. The maximum atomic E-state index is 15.7. The molecule has 4 aromatic carbocycles. The number of hydrogen-bond acceptors (Lipinski definition) is 17. The molecule has 6 aliphatic carbocycles. The number of esters is 4. The van der Waals surface area contributed by atoms with E-state index in [0.717, 1.165) is 37.0 Å². The highest BCUT2D eigenvalue weighted by molar-refractivity contribution is 7.39. The van der Waals surface area contributed by atoms with Gasteiger partial charge in [0.15, 0.2) is 23.1 Å². The summed E-state index contributed by atoms with van der Waals surface area (Å²) < 4.78 is 26.6. The Bertz CT molecular complexity index is 3510. The van der Waals surface area contributed by atoms with Gasteiger partial charge in [-0.3, -0.25) is 38.4 Å². The number of fused-ring (bicyclic) bond motifs is 9. The first-order chi connectivity index (χ1) is 39.5. The fourth-order valence-electron chi connectivity index (χ4n) is 12.6. The van der Waals surface area contributed by atoms with Crippen LogP contribution in [0.5, 0.6) is 0 Å². The van der Waals surface area contributed by atoms with Crippen LogP contribution in [-0.4, -0.2) is 58.4 Å². The van der Waals surface area contributed by atoms with Crippen LogP contribution in [0, 0.1) is 23.7 Å². The van der Waals surface area contributed by atoms with E-state index in [-0.39, 0.29) is 60.4 Å². The molecule has 4 unspecified atom stereocenters. The summed E-state index contributed by atoms with van der Waals surface area (Å²) in [5.41, 5.74) is -3.42. The topological polar surface area (TPSA) is 198 Å². The monoisotopic (exact) mass is 1130 g/mol. The van der Waals surface area contributed by atoms with Gasteiger partial charge in [-0.05, 0) is 60.1 Å². The molecule has 406 valence electrons. The maximum Gasteiger partial charge on any atom is 0.334 e. The predicted molar refractivity (Wildman–Crippen MR) is 305 cm³/mol. The lowest BCUT2D eigenvalue weighted by molar-refractivity contribution is -0.166. The van der Waals surface area contributed by atoms with E-state index in [1.165, 1.54) is 22.7 Å². The third-order valence-corrected chi connectivity index (χ3v) is 20.5. The van der Waals surface area contributed by atoms with Gasteiger partial charge >= 0.3 is 23.9 Å². The van der Waals surface area contributed by atoms with Crippen molar-refractivity contribution in [3.05, 3.63) is 176 Å². The molecule has 81 heavy (non-hydrogen) atoms. The largest absolute Gasteiger partial charge is 0.459 e. The average molecular weight is 1140 g/mol. The van der Waals surface area contributed by atoms with Crippen molar-refractivity contribution in [1.29, 1.82) is 0 Å². The smallest absolute Gasteiger partial charge is 0.334 e.